The van der Waals surface area contributed by atoms with E-state index in [9.17, 15) is 9.59 Å². The number of thioether (sulfide) groups is 1. The van der Waals surface area contributed by atoms with Gasteiger partial charge < -0.3 is 10.1 Å². The van der Waals surface area contributed by atoms with Gasteiger partial charge in [0.1, 0.15) is 0 Å². The maximum atomic E-state index is 12.2. The number of nitrogens with one attached hydrogen (secondary N) is 1. The molecule has 1 amide bonds. The summed E-state index contributed by atoms with van der Waals surface area (Å²) in [5.74, 6) is 0.779. The lowest BCUT2D eigenvalue weighted by atomic mass is 9.94. The maximum Gasteiger partial charge on any atom is 0.338 e. The van der Waals surface area contributed by atoms with Gasteiger partial charge in [0, 0.05) is 5.75 Å². The minimum Gasteiger partial charge on any atom is -0.462 e. The minimum absolute atomic E-state index is 0.0329. The first-order valence-corrected chi connectivity index (χ1v) is 8.89. The van der Waals surface area contributed by atoms with E-state index in [1.165, 1.54) is 11.8 Å². The van der Waals surface area contributed by atoms with Gasteiger partial charge in [0.05, 0.1) is 18.2 Å². The Balaban J connectivity index is 2.10. The van der Waals surface area contributed by atoms with Crippen molar-refractivity contribution < 1.29 is 14.3 Å². The molecule has 1 aromatic carbocycles. The molecule has 1 heterocycles. The number of hydrogen-bond acceptors (Lipinski definition) is 4. The quantitative estimate of drug-likeness (QED) is 0.633. The van der Waals surface area contributed by atoms with Crippen molar-refractivity contribution in [3.8, 4) is 0 Å². The molecule has 0 spiro atoms. The number of carbonyl (C=O) groups is 2. The zero-order valence-corrected chi connectivity index (χ0v) is 14.6. The Hall–Kier alpha value is -1.75. The first kappa shape index (κ1) is 17.6. The van der Waals surface area contributed by atoms with Crippen LogP contribution in [0.5, 0.6) is 0 Å². The van der Waals surface area contributed by atoms with Crippen molar-refractivity contribution in [3.05, 3.63) is 47.0 Å². The molecular weight excluding hydrogens is 310 g/mol. The van der Waals surface area contributed by atoms with Crippen LogP contribution in [-0.4, -0.2) is 29.6 Å². The largest absolute Gasteiger partial charge is 0.462 e. The molecule has 124 valence electrons. The second-order valence-electron chi connectivity index (χ2n) is 5.78. The van der Waals surface area contributed by atoms with E-state index in [4.69, 9.17) is 4.74 Å². The molecule has 0 saturated carbocycles. The van der Waals surface area contributed by atoms with E-state index in [0.29, 0.717) is 12.2 Å². The van der Waals surface area contributed by atoms with E-state index < -0.39 is 0 Å². The van der Waals surface area contributed by atoms with Crippen LogP contribution in [-0.2, 0) is 11.2 Å². The smallest absolute Gasteiger partial charge is 0.338 e. The number of rotatable bonds is 6. The average molecular weight is 333 g/mol. The predicted octanol–water partition coefficient (Wildman–Crippen LogP) is 3.91. The Labute approximate surface area is 141 Å². The van der Waals surface area contributed by atoms with Gasteiger partial charge in [-0.3, -0.25) is 4.79 Å². The molecule has 2 rings (SSSR count). The van der Waals surface area contributed by atoms with Crippen LogP contribution in [0.1, 0.15) is 48.2 Å². The SMILES string of the molecule is CCOC(=O)c1cc(C/C=C/C2CSC(=O)N2)ccc1C(C)C. The predicted molar refractivity (Wildman–Crippen MR) is 94.1 cm³/mol. The molecule has 1 N–H and O–H groups in total. The zero-order valence-electron chi connectivity index (χ0n) is 13.8. The van der Waals surface area contributed by atoms with Crippen molar-refractivity contribution in [3.63, 3.8) is 0 Å². The minimum atomic E-state index is -0.263. The molecular formula is C18H23NO3S. The van der Waals surface area contributed by atoms with Gasteiger partial charge in [-0.25, -0.2) is 4.79 Å². The van der Waals surface area contributed by atoms with Gasteiger partial charge >= 0.3 is 5.97 Å². The molecule has 1 saturated heterocycles. The van der Waals surface area contributed by atoms with Crippen LogP contribution in [0.3, 0.4) is 0 Å². The third-order valence-corrected chi connectivity index (χ3v) is 4.56. The molecule has 1 unspecified atom stereocenters. The van der Waals surface area contributed by atoms with Gasteiger partial charge in [0.2, 0.25) is 0 Å². The summed E-state index contributed by atoms with van der Waals surface area (Å²) in [5.41, 5.74) is 2.72. The maximum absolute atomic E-state index is 12.2. The van der Waals surface area contributed by atoms with Gasteiger partial charge in [-0.2, -0.15) is 0 Å². The number of amides is 1. The highest BCUT2D eigenvalue weighted by Crippen LogP contribution is 2.22. The summed E-state index contributed by atoms with van der Waals surface area (Å²) in [5, 5.41) is 2.91. The molecule has 4 nitrogen and oxygen atoms in total. The van der Waals surface area contributed by atoms with Crippen LogP contribution in [0.4, 0.5) is 4.79 Å². The summed E-state index contributed by atoms with van der Waals surface area (Å²) in [6, 6.07) is 6.07. The number of hydrogen-bond donors (Lipinski definition) is 1. The van der Waals surface area contributed by atoms with Crippen LogP contribution in [0.2, 0.25) is 0 Å². The fraction of sp³-hybridized carbons (Fsp3) is 0.444. The Morgan fingerprint density at radius 2 is 2.26 bits per heavy atom. The van der Waals surface area contributed by atoms with E-state index in [1.54, 1.807) is 0 Å². The van der Waals surface area contributed by atoms with Gasteiger partial charge in [-0.15, -0.1) is 0 Å². The Kier molecular flexibility index (Phi) is 6.28. The van der Waals surface area contributed by atoms with Crippen molar-refractivity contribution in [1.82, 2.24) is 5.32 Å². The summed E-state index contributed by atoms with van der Waals surface area (Å²) >= 11 is 1.31. The van der Waals surface area contributed by atoms with Crippen molar-refractivity contribution in [2.45, 2.75) is 39.2 Å². The van der Waals surface area contributed by atoms with E-state index in [2.05, 4.69) is 19.2 Å². The van der Waals surface area contributed by atoms with E-state index in [0.717, 1.165) is 23.3 Å². The van der Waals surface area contributed by atoms with Crippen LogP contribution in [0.15, 0.2) is 30.4 Å². The molecule has 5 heteroatoms. The Bertz CT molecular complexity index is 610. The second-order valence-corrected chi connectivity index (χ2v) is 6.77. The third kappa shape index (κ3) is 4.86. The lowest BCUT2D eigenvalue weighted by Crippen LogP contribution is -2.23. The van der Waals surface area contributed by atoms with Crippen molar-refractivity contribution >= 4 is 23.0 Å². The summed E-state index contributed by atoms with van der Waals surface area (Å²) in [7, 11) is 0. The highest BCUT2D eigenvalue weighted by atomic mass is 32.2. The third-order valence-electron chi connectivity index (χ3n) is 3.65. The number of ether oxygens (including phenoxy) is 1. The van der Waals surface area contributed by atoms with Crippen LogP contribution >= 0.6 is 11.8 Å². The van der Waals surface area contributed by atoms with Crippen LogP contribution in [0.25, 0.3) is 0 Å². The highest BCUT2D eigenvalue weighted by Gasteiger charge is 2.18. The molecule has 0 radical (unpaired) electrons. The molecule has 0 aliphatic carbocycles. The van der Waals surface area contributed by atoms with E-state index in [1.807, 2.05) is 37.3 Å². The van der Waals surface area contributed by atoms with E-state index in [-0.39, 0.29) is 23.2 Å². The topological polar surface area (TPSA) is 55.4 Å². The van der Waals surface area contributed by atoms with Crippen LogP contribution < -0.4 is 5.32 Å². The lowest BCUT2D eigenvalue weighted by molar-refractivity contribution is 0.0524. The van der Waals surface area contributed by atoms with Gasteiger partial charge in [0.15, 0.2) is 0 Å². The van der Waals surface area contributed by atoms with Crippen molar-refractivity contribution in [2.75, 3.05) is 12.4 Å². The van der Waals surface area contributed by atoms with Crippen molar-refractivity contribution in [2.24, 2.45) is 0 Å². The van der Waals surface area contributed by atoms with Crippen molar-refractivity contribution in [1.29, 1.82) is 0 Å². The highest BCUT2D eigenvalue weighted by molar-refractivity contribution is 8.14. The Morgan fingerprint density at radius 1 is 1.48 bits per heavy atom. The summed E-state index contributed by atoms with van der Waals surface area (Å²) in [4.78, 5) is 23.3. The van der Waals surface area contributed by atoms with Gasteiger partial charge in [-0.1, -0.05) is 49.9 Å². The van der Waals surface area contributed by atoms with Gasteiger partial charge in [0.25, 0.3) is 5.24 Å². The first-order valence-electron chi connectivity index (χ1n) is 7.91. The summed E-state index contributed by atoms with van der Waals surface area (Å²) in [6.45, 7) is 6.32. The molecule has 1 aromatic rings. The normalized spacial score (nSPS) is 17.7. The fourth-order valence-corrected chi connectivity index (χ4v) is 3.25. The molecule has 0 aromatic heterocycles. The van der Waals surface area contributed by atoms with Crippen LogP contribution in [0, 0.1) is 0 Å². The number of esters is 1. The molecule has 1 aliphatic heterocycles. The fourth-order valence-electron chi connectivity index (χ4n) is 2.49. The first-order chi connectivity index (χ1) is 11.0. The molecule has 0 bridgehead atoms. The Morgan fingerprint density at radius 3 is 2.87 bits per heavy atom. The standard InChI is InChI=1S/C18H23NO3S/c1-4-22-17(20)16-10-13(8-9-15(16)12(2)3)6-5-7-14-11-23-18(21)19-14/h5,7-10,12,14H,4,6,11H2,1-3H3,(H,19,21)/b7-5+. The second kappa shape index (κ2) is 8.20. The molecule has 1 fully saturated rings. The zero-order chi connectivity index (χ0) is 16.8. The summed E-state index contributed by atoms with van der Waals surface area (Å²) < 4.78 is 5.16. The molecule has 23 heavy (non-hydrogen) atoms. The number of carbonyl (C=O) groups excluding carboxylic acids is 2. The average Bonchev–Trinajstić information content (AvgIpc) is 2.92. The van der Waals surface area contributed by atoms with Gasteiger partial charge in [-0.05, 0) is 36.5 Å². The van der Waals surface area contributed by atoms with E-state index >= 15 is 0 Å². The lowest BCUT2D eigenvalue weighted by Gasteiger charge is -2.13. The molecule has 1 aliphatic rings. The number of benzene rings is 1. The number of allylic oxidation sites excluding steroid dienone is 1. The monoisotopic (exact) mass is 333 g/mol. The molecule has 1 atom stereocenters. The summed E-state index contributed by atoms with van der Waals surface area (Å²) in [6.07, 6.45) is 4.77.